The van der Waals surface area contributed by atoms with Gasteiger partial charge in [-0.2, -0.15) is 0 Å². The van der Waals surface area contributed by atoms with Gasteiger partial charge in [0.2, 0.25) is 5.75 Å². The predicted octanol–water partition coefficient (Wildman–Crippen LogP) is 2.25. The quantitative estimate of drug-likeness (QED) is 0.507. The van der Waals surface area contributed by atoms with Gasteiger partial charge in [0.1, 0.15) is 0 Å². The molecule has 2 N–H and O–H groups in total. The van der Waals surface area contributed by atoms with Crippen molar-refractivity contribution in [1.29, 1.82) is 0 Å². The molecular weight excluding hydrogens is 344 g/mol. The zero-order valence-electron chi connectivity index (χ0n) is 17.3. The molecule has 0 amide bonds. The van der Waals surface area contributed by atoms with Crippen molar-refractivity contribution in [3.8, 4) is 17.2 Å². The van der Waals surface area contributed by atoms with Crippen LogP contribution in [0.1, 0.15) is 32.3 Å². The van der Waals surface area contributed by atoms with Gasteiger partial charge in [0.25, 0.3) is 0 Å². The molecule has 0 radical (unpaired) electrons. The third-order valence-electron chi connectivity index (χ3n) is 4.90. The number of likely N-dealkylation sites (N-methyl/N-ethyl adjacent to an activating group) is 1. The standard InChI is InChI=1S/C20H34N4O3/c1-6-21-20(23-14-16-9-8-10-24(16)7-2)22-13-15-11-17(25-3)19(27-5)18(12-15)26-4/h11-12,16H,6-10,13-14H2,1-5H3,(H2,21,22,23). The third kappa shape index (κ3) is 5.66. The van der Waals surface area contributed by atoms with Crippen molar-refractivity contribution < 1.29 is 14.2 Å². The zero-order chi connectivity index (χ0) is 19.6. The average Bonchev–Trinajstić information content (AvgIpc) is 3.16. The minimum absolute atomic E-state index is 0.522. The minimum atomic E-state index is 0.522. The first-order chi connectivity index (χ1) is 13.2. The molecule has 0 saturated carbocycles. The van der Waals surface area contributed by atoms with Gasteiger partial charge in [-0.25, -0.2) is 4.99 Å². The number of rotatable bonds is 9. The van der Waals surface area contributed by atoms with E-state index in [0.717, 1.165) is 31.2 Å². The Morgan fingerprint density at radius 1 is 1.11 bits per heavy atom. The zero-order valence-corrected chi connectivity index (χ0v) is 17.3. The number of methoxy groups -OCH3 is 3. The first kappa shape index (κ1) is 21.2. The molecule has 1 unspecified atom stereocenters. The Kier molecular flexibility index (Phi) is 8.51. The van der Waals surface area contributed by atoms with E-state index in [4.69, 9.17) is 19.2 Å². The molecule has 0 aromatic heterocycles. The number of ether oxygens (including phenoxy) is 3. The number of nitrogens with zero attached hydrogens (tertiary/aromatic N) is 2. The van der Waals surface area contributed by atoms with E-state index in [-0.39, 0.29) is 0 Å². The van der Waals surface area contributed by atoms with E-state index >= 15 is 0 Å². The van der Waals surface area contributed by atoms with Crippen LogP contribution in [0, 0.1) is 0 Å². The summed E-state index contributed by atoms with van der Waals surface area (Å²) >= 11 is 0. The maximum absolute atomic E-state index is 5.42. The molecule has 27 heavy (non-hydrogen) atoms. The predicted molar refractivity (Wildman–Crippen MR) is 109 cm³/mol. The summed E-state index contributed by atoms with van der Waals surface area (Å²) in [5.74, 6) is 2.71. The van der Waals surface area contributed by atoms with Gasteiger partial charge in [0.05, 0.1) is 27.9 Å². The Hall–Kier alpha value is -2.15. The highest BCUT2D eigenvalue weighted by Crippen LogP contribution is 2.38. The molecule has 1 aliphatic rings. The second-order valence-corrected chi connectivity index (χ2v) is 6.53. The van der Waals surface area contributed by atoms with Gasteiger partial charge in [0, 0.05) is 19.1 Å². The van der Waals surface area contributed by atoms with Gasteiger partial charge < -0.3 is 24.8 Å². The summed E-state index contributed by atoms with van der Waals surface area (Å²) in [6.45, 7) is 8.85. The van der Waals surface area contributed by atoms with Crippen LogP contribution in [0.15, 0.2) is 17.1 Å². The molecule has 0 bridgehead atoms. The van der Waals surface area contributed by atoms with Crippen molar-refractivity contribution in [3.05, 3.63) is 17.7 Å². The Morgan fingerprint density at radius 3 is 2.37 bits per heavy atom. The number of likely N-dealkylation sites (tertiary alicyclic amines) is 1. The number of nitrogens with one attached hydrogen (secondary N) is 2. The molecule has 1 aliphatic heterocycles. The van der Waals surface area contributed by atoms with Crippen LogP contribution < -0.4 is 24.8 Å². The van der Waals surface area contributed by atoms with Gasteiger partial charge in [-0.05, 0) is 50.6 Å². The maximum atomic E-state index is 5.42. The van der Waals surface area contributed by atoms with Crippen molar-refractivity contribution in [1.82, 2.24) is 15.5 Å². The molecule has 1 atom stereocenters. The molecule has 7 heteroatoms. The van der Waals surface area contributed by atoms with E-state index in [1.807, 2.05) is 12.1 Å². The van der Waals surface area contributed by atoms with Crippen LogP contribution in [-0.4, -0.2) is 64.4 Å². The van der Waals surface area contributed by atoms with E-state index in [2.05, 4.69) is 29.4 Å². The molecule has 0 spiro atoms. The number of guanidine groups is 1. The van der Waals surface area contributed by atoms with Crippen molar-refractivity contribution >= 4 is 5.96 Å². The molecule has 152 valence electrons. The second-order valence-electron chi connectivity index (χ2n) is 6.53. The number of benzene rings is 1. The topological polar surface area (TPSA) is 67.4 Å². The van der Waals surface area contributed by atoms with Crippen LogP contribution in [0.25, 0.3) is 0 Å². The average molecular weight is 379 g/mol. The lowest BCUT2D eigenvalue weighted by Gasteiger charge is -2.24. The molecular formula is C20H34N4O3. The van der Waals surface area contributed by atoms with Gasteiger partial charge in [-0.15, -0.1) is 0 Å². The summed E-state index contributed by atoms with van der Waals surface area (Å²) in [6, 6.07) is 4.45. The lowest BCUT2D eigenvalue weighted by molar-refractivity contribution is 0.267. The highest BCUT2D eigenvalue weighted by atomic mass is 16.5. The van der Waals surface area contributed by atoms with E-state index in [9.17, 15) is 0 Å². The fourth-order valence-electron chi connectivity index (χ4n) is 3.50. The Morgan fingerprint density at radius 2 is 1.81 bits per heavy atom. The lowest BCUT2D eigenvalue weighted by atomic mass is 10.2. The fourth-order valence-corrected chi connectivity index (χ4v) is 3.50. The smallest absolute Gasteiger partial charge is 0.203 e. The molecule has 1 fully saturated rings. The van der Waals surface area contributed by atoms with Crippen molar-refractivity contribution in [2.24, 2.45) is 4.99 Å². The summed E-state index contributed by atoms with van der Waals surface area (Å²) < 4.78 is 16.2. The highest BCUT2D eigenvalue weighted by Gasteiger charge is 2.22. The van der Waals surface area contributed by atoms with Crippen LogP contribution in [0.2, 0.25) is 0 Å². The van der Waals surface area contributed by atoms with Gasteiger partial charge >= 0.3 is 0 Å². The molecule has 7 nitrogen and oxygen atoms in total. The van der Waals surface area contributed by atoms with E-state index in [0.29, 0.717) is 29.8 Å². The summed E-state index contributed by atoms with van der Waals surface area (Å²) in [6.07, 6.45) is 2.52. The van der Waals surface area contributed by atoms with Crippen molar-refractivity contribution in [3.63, 3.8) is 0 Å². The van der Waals surface area contributed by atoms with Crippen molar-refractivity contribution in [2.45, 2.75) is 39.3 Å². The fraction of sp³-hybridized carbons (Fsp3) is 0.650. The molecule has 1 aromatic rings. The van der Waals surface area contributed by atoms with Crippen LogP contribution in [0.4, 0.5) is 0 Å². The Labute approximate surface area is 163 Å². The van der Waals surface area contributed by atoms with E-state index in [1.54, 1.807) is 21.3 Å². The highest BCUT2D eigenvalue weighted by molar-refractivity contribution is 5.79. The normalized spacial score (nSPS) is 17.7. The van der Waals surface area contributed by atoms with E-state index < -0.39 is 0 Å². The Balaban J connectivity index is 2.07. The lowest BCUT2D eigenvalue weighted by Crippen LogP contribution is -2.44. The molecule has 1 saturated heterocycles. The summed E-state index contributed by atoms with van der Waals surface area (Å²) in [4.78, 5) is 7.25. The molecule has 0 aliphatic carbocycles. The van der Waals surface area contributed by atoms with Crippen LogP contribution in [0.5, 0.6) is 17.2 Å². The summed E-state index contributed by atoms with van der Waals surface area (Å²) in [5.41, 5.74) is 0.998. The number of aliphatic imine (C=N–C) groups is 1. The first-order valence-electron chi connectivity index (χ1n) is 9.71. The van der Waals surface area contributed by atoms with Crippen LogP contribution in [0.3, 0.4) is 0 Å². The van der Waals surface area contributed by atoms with Crippen LogP contribution in [-0.2, 0) is 6.54 Å². The monoisotopic (exact) mass is 378 g/mol. The van der Waals surface area contributed by atoms with E-state index in [1.165, 1.54) is 19.4 Å². The van der Waals surface area contributed by atoms with Gasteiger partial charge in [-0.1, -0.05) is 6.92 Å². The van der Waals surface area contributed by atoms with Crippen molar-refractivity contribution in [2.75, 3.05) is 47.5 Å². The maximum Gasteiger partial charge on any atom is 0.203 e. The Bertz CT molecular complexity index is 596. The third-order valence-corrected chi connectivity index (χ3v) is 4.90. The first-order valence-corrected chi connectivity index (χ1v) is 9.71. The number of hydrogen-bond acceptors (Lipinski definition) is 5. The molecule has 2 rings (SSSR count). The van der Waals surface area contributed by atoms with Gasteiger partial charge in [0.15, 0.2) is 17.5 Å². The molecule has 1 aromatic carbocycles. The minimum Gasteiger partial charge on any atom is -0.493 e. The van der Waals surface area contributed by atoms with Crippen LogP contribution >= 0.6 is 0 Å². The summed E-state index contributed by atoms with van der Waals surface area (Å²) in [5, 5.41) is 6.81. The largest absolute Gasteiger partial charge is 0.493 e. The molecule has 1 heterocycles. The second kappa shape index (κ2) is 10.9. The van der Waals surface area contributed by atoms with Gasteiger partial charge in [-0.3, -0.25) is 4.90 Å². The number of hydrogen-bond donors (Lipinski definition) is 2. The SMILES string of the molecule is CCNC(=NCc1cc(OC)c(OC)c(OC)c1)NCC1CCCN1CC. The summed E-state index contributed by atoms with van der Waals surface area (Å²) in [7, 11) is 4.85.